The molecule has 3 N–H and O–H groups in total. The molecule has 122 valence electrons. The van der Waals surface area contributed by atoms with Crippen LogP contribution in [0.2, 0.25) is 0 Å². The van der Waals surface area contributed by atoms with Gasteiger partial charge in [0.1, 0.15) is 11.6 Å². The highest BCUT2D eigenvalue weighted by atomic mass is 35.5. The first kappa shape index (κ1) is 20.4. The maximum absolute atomic E-state index is 11.6. The van der Waals surface area contributed by atoms with Gasteiger partial charge in [0, 0.05) is 5.69 Å². The molecule has 0 unspecified atom stereocenters. The Morgan fingerprint density at radius 1 is 1.36 bits per heavy atom. The predicted octanol–water partition coefficient (Wildman–Crippen LogP) is 2.07. The molecule has 0 aliphatic heterocycles. The van der Waals surface area contributed by atoms with Gasteiger partial charge in [-0.2, -0.15) is 5.10 Å². The van der Waals surface area contributed by atoms with Crippen LogP contribution in [0.3, 0.4) is 0 Å². The van der Waals surface area contributed by atoms with Gasteiger partial charge < -0.3 is 11.1 Å². The lowest BCUT2D eigenvalue weighted by Gasteiger charge is -2.09. The Bertz CT molecular complexity index is 627. The lowest BCUT2D eigenvalue weighted by atomic mass is 10.2. The van der Waals surface area contributed by atoms with Crippen LogP contribution in [0.4, 0.5) is 5.69 Å². The van der Waals surface area contributed by atoms with E-state index in [9.17, 15) is 4.79 Å². The average Bonchev–Trinajstić information content (AvgIpc) is 2.68. The van der Waals surface area contributed by atoms with Crippen LogP contribution in [0.5, 0.6) is 0 Å². The van der Waals surface area contributed by atoms with E-state index in [1.54, 1.807) is 6.92 Å². The number of carbonyl (C=O) groups excluding carboxylic acids is 1. The number of benzene rings is 1. The number of nitrogens with one attached hydrogen (secondary N) is 1. The van der Waals surface area contributed by atoms with Gasteiger partial charge in [0.2, 0.25) is 5.91 Å². The molecule has 0 aliphatic rings. The summed E-state index contributed by atoms with van der Waals surface area (Å²) < 4.78 is 1.84. The van der Waals surface area contributed by atoms with Gasteiger partial charge in [-0.25, -0.2) is 9.67 Å². The Hall–Kier alpha value is -1.63. The Morgan fingerprint density at radius 2 is 2.05 bits per heavy atom. The third-order valence-electron chi connectivity index (χ3n) is 2.90. The van der Waals surface area contributed by atoms with Gasteiger partial charge in [0.25, 0.3) is 0 Å². The minimum Gasteiger partial charge on any atom is -0.325 e. The molecular formula is C14H21Cl2N5O. The van der Waals surface area contributed by atoms with Gasteiger partial charge in [0.05, 0.1) is 12.6 Å². The summed E-state index contributed by atoms with van der Waals surface area (Å²) in [6.07, 6.45) is 0. The monoisotopic (exact) mass is 345 g/mol. The number of hydrogen-bond acceptors (Lipinski definition) is 4. The SMILES string of the molecule is Cc1nc(C)n(Cc2cccc(NC(=O)[C@@H](C)N)c2)n1.Cl.Cl. The highest BCUT2D eigenvalue weighted by Crippen LogP contribution is 2.12. The number of halogens is 2. The van der Waals surface area contributed by atoms with Crippen molar-refractivity contribution in [1.29, 1.82) is 0 Å². The van der Waals surface area contributed by atoms with Gasteiger partial charge in [-0.05, 0) is 38.5 Å². The molecule has 1 atom stereocenters. The topological polar surface area (TPSA) is 85.8 Å². The normalized spacial score (nSPS) is 11.1. The first-order valence-corrected chi connectivity index (χ1v) is 6.49. The molecule has 0 radical (unpaired) electrons. The Morgan fingerprint density at radius 3 is 2.59 bits per heavy atom. The van der Waals surface area contributed by atoms with Crippen molar-refractivity contribution in [1.82, 2.24) is 14.8 Å². The lowest BCUT2D eigenvalue weighted by molar-refractivity contribution is -0.117. The van der Waals surface area contributed by atoms with Crippen LogP contribution in [0.15, 0.2) is 24.3 Å². The molecule has 0 aliphatic carbocycles. The summed E-state index contributed by atoms with van der Waals surface area (Å²) in [5.41, 5.74) is 7.31. The third kappa shape index (κ3) is 5.29. The van der Waals surface area contributed by atoms with Crippen LogP contribution in [0.1, 0.15) is 24.1 Å². The number of anilines is 1. The van der Waals surface area contributed by atoms with E-state index in [0.29, 0.717) is 6.54 Å². The maximum atomic E-state index is 11.6. The quantitative estimate of drug-likeness (QED) is 0.887. The molecule has 1 aromatic carbocycles. The van der Waals surface area contributed by atoms with E-state index in [4.69, 9.17) is 5.73 Å². The number of rotatable bonds is 4. The maximum Gasteiger partial charge on any atom is 0.240 e. The Kier molecular flexibility index (Phi) is 8.08. The molecule has 0 saturated carbocycles. The van der Waals surface area contributed by atoms with E-state index in [0.717, 1.165) is 22.9 Å². The van der Waals surface area contributed by atoms with Crippen LogP contribution < -0.4 is 11.1 Å². The van der Waals surface area contributed by atoms with Crippen molar-refractivity contribution in [3.05, 3.63) is 41.5 Å². The van der Waals surface area contributed by atoms with Gasteiger partial charge >= 0.3 is 0 Å². The number of hydrogen-bond donors (Lipinski definition) is 2. The van der Waals surface area contributed by atoms with Crippen molar-refractivity contribution >= 4 is 36.4 Å². The number of aryl methyl sites for hydroxylation is 2. The zero-order valence-electron chi connectivity index (χ0n) is 12.7. The van der Waals surface area contributed by atoms with E-state index >= 15 is 0 Å². The van der Waals surface area contributed by atoms with Crippen LogP contribution in [-0.2, 0) is 11.3 Å². The highest BCUT2D eigenvalue weighted by molar-refractivity contribution is 5.94. The van der Waals surface area contributed by atoms with E-state index in [1.807, 2.05) is 42.8 Å². The van der Waals surface area contributed by atoms with Gasteiger partial charge in [0.15, 0.2) is 0 Å². The second-order valence-electron chi connectivity index (χ2n) is 4.84. The van der Waals surface area contributed by atoms with Gasteiger partial charge in [-0.1, -0.05) is 12.1 Å². The van der Waals surface area contributed by atoms with E-state index in [1.165, 1.54) is 0 Å². The average molecular weight is 346 g/mol. The zero-order chi connectivity index (χ0) is 14.7. The summed E-state index contributed by atoms with van der Waals surface area (Å²) in [5.74, 6) is 1.42. The fourth-order valence-corrected chi connectivity index (χ4v) is 1.89. The first-order chi connectivity index (χ1) is 9.45. The molecule has 0 fully saturated rings. The molecule has 0 saturated heterocycles. The standard InChI is InChI=1S/C14H19N5O.2ClH/c1-9(15)14(20)17-13-6-4-5-12(7-13)8-19-11(3)16-10(2)18-19;;/h4-7,9H,8,15H2,1-3H3,(H,17,20);2*1H/t9-;;/m1../s1. The molecule has 2 aromatic rings. The smallest absolute Gasteiger partial charge is 0.240 e. The Labute approximate surface area is 142 Å². The van der Waals surface area contributed by atoms with Crippen molar-refractivity contribution in [2.75, 3.05) is 5.32 Å². The lowest BCUT2D eigenvalue weighted by Crippen LogP contribution is -2.32. The number of amides is 1. The number of carbonyl (C=O) groups is 1. The largest absolute Gasteiger partial charge is 0.325 e. The molecule has 6 nitrogen and oxygen atoms in total. The predicted molar refractivity (Wildman–Crippen MR) is 91.8 cm³/mol. The van der Waals surface area contributed by atoms with Gasteiger partial charge in [-0.3, -0.25) is 4.79 Å². The fourth-order valence-electron chi connectivity index (χ4n) is 1.89. The molecule has 8 heteroatoms. The summed E-state index contributed by atoms with van der Waals surface area (Å²) >= 11 is 0. The molecule has 1 amide bonds. The number of nitrogens with two attached hydrogens (primary N) is 1. The number of aromatic nitrogens is 3. The van der Waals surface area contributed by atoms with Gasteiger partial charge in [-0.15, -0.1) is 24.8 Å². The second kappa shape index (κ2) is 8.73. The molecule has 22 heavy (non-hydrogen) atoms. The summed E-state index contributed by atoms with van der Waals surface area (Å²) in [4.78, 5) is 15.8. The molecule has 1 aromatic heterocycles. The van der Waals surface area contributed by atoms with Crippen molar-refractivity contribution < 1.29 is 4.79 Å². The van der Waals surface area contributed by atoms with Crippen LogP contribution in [0.25, 0.3) is 0 Å². The minimum atomic E-state index is -0.529. The fraction of sp³-hybridized carbons (Fsp3) is 0.357. The van der Waals surface area contributed by atoms with Crippen molar-refractivity contribution in [3.63, 3.8) is 0 Å². The Balaban J connectivity index is 0.00000220. The van der Waals surface area contributed by atoms with Crippen molar-refractivity contribution in [2.45, 2.75) is 33.4 Å². The van der Waals surface area contributed by atoms with E-state index in [2.05, 4.69) is 15.4 Å². The third-order valence-corrected chi connectivity index (χ3v) is 2.90. The van der Waals surface area contributed by atoms with E-state index in [-0.39, 0.29) is 30.7 Å². The van der Waals surface area contributed by atoms with Crippen LogP contribution in [0, 0.1) is 13.8 Å². The molecule has 0 spiro atoms. The van der Waals surface area contributed by atoms with Crippen LogP contribution in [-0.4, -0.2) is 26.7 Å². The second-order valence-corrected chi connectivity index (χ2v) is 4.84. The summed E-state index contributed by atoms with van der Waals surface area (Å²) in [7, 11) is 0. The molecule has 2 rings (SSSR count). The van der Waals surface area contributed by atoms with Crippen molar-refractivity contribution in [2.24, 2.45) is 5.73 Å². The zero-order valence-corrected chi connectivity index (χ0v) is 14.4. The summed E-state index contributed by atoms with van der Waals surface area (Å²) in [5, 5.41) is 7.10. The summed E-state index contributed by atoms with van der Waals surface area (Å²) in [6, 6.07) is 7.10. The first-order valence-electron chi connectivity index (χ1n) is 6.49. The summed E-state index contributed by atoms with van der Waals surface area (Å²) in [6.45, 7) is 6.06. The highest BCUT2D eigenvalue weighted by Gasteiger charge is 2.08. The molecular weight excluding hydrogens is 325 g/mol. The molecule has 1 heterocycles. The number of nitrogens with zero attached hydrogens (tertiary/aromatic N) is 3. The molecule has 0 bridgehead atoms. The van der Waals surface area contributed by atoms with Crippen molar-refractivity contribution in [3.8, 4) is 0 Å². The minimum absolute atomic E-state index is 0. The van der Waals surface area contributed by atoms with Crippen LogP contribution >= 0.6 is 24.8 Å². The van der Waals surface area contributed by atoms with E-state index < -0.39 is 6.04 Å².